The molecule has 3 rings (SSSR count). The molecule has 106 valence electrons. The van der Waals surface area contributed by atoms with E-state index in [-0.39, 0.29) is 17.7 Å². The van der Waals surface area contributed by atoms with Crippen LogP contribution in [0.15, 0.2) is 35.2 Å². The molecule has 1 N–H and O–H groups in total. The molecule has 0 aliphatic heterocycles. The molecular formula is C17H14ClFN2. The van der Waals surface area contributed by atoms with Gasteiger partial charge in [0.2, 0.25) is 0 Å². The van der Waals surface area contributed by atoms with Crippen LogP contribution in [0.2, 0.25) is 0 Å². The molecule has 0 aromatic carbocycles. The van der Waals surface area contributed by atoms with Crippen molar-refractivity contribution in [2.24, 2.45) is 11.8 Å². The van der Waals surface area contributed by atoms with Gasteiger partial charge in [0.25, 0.3) is 0 Å². The second kappa shape index (κ2) is 5.75. The van der Waals surface area contributed by atoms with E-state index in [2.05, 4.69) is 21.8 Å². The lowest BCUT2D eigenvalue weighted by atomic mass is 9.99. The number of nitrogens with zero attached hydrogens (tertiary/aromatic N) is 1. The standard InChI is InChI=1S/C17H14ClFN2/c1-11-20-16-9-13(7-14(18)10-17(16)21-11)6-5-12-3-2-4-15(19)8-12/h2,4,7-10,12-13H,3H2,1H3,(H,20,21). The van der Waals surface area contributed by atoms with Gasteiger partial charge in [-0.05, 0) is 43.7 Å². The second-order valence-corrected chi connectivity index (χ2v) is 5.53. The Hall–Kier alpha value is -2.05. The Morgan fingerprint density at radius 1 is 1.33 bits per heavy atom. The van der Waals surface area contributed by atoms with E-state index in [0.717, 1.165) is 22.9 Å². The van der Waals surface area contributed by atoms with Crippen molar-refractivity contribution in [3.8, 4) is 11.8 Å². The number of aromatic amines is 1. The van der Waals surface area contributed by atoms with Crippen LogP contribution in [0.4, 0.5) is 4.39 Å². The molecule has 2 aliphatic carbocycles. The van der Waals surface area contributed by atoms with E-state index in [0.29, 0.717) is 5.03 Å². The molecular weight excluding hydrogens is 287 g/mol. The van der Waals surface area contributed by atoms with Crippen molar-refractivity contribution in [3.63, 3.8) is 0 Å². The van der Waals surface area contributed by atoms with Gasteiger partial charge in [-0.2, -0.15) is 0 Å². The molecule has 0 amide bonds. The fraction of sp³-hybridized carbons (Fsp3) is 0.235. The maximum Gasteiger partial charge on any atom is 0.120 e. The van der Waals surface area contributed by atoms with Gasteiger partial charge in [-0.15, -0.1) is 0 Å². The number of rotatable bonds is 0. The summed E-state index contributed by atoms with van der Waals surface area (Å²) in [7, 11) is 0. The molecule has 0 fully saturated rings. The first-order chi connectivity index (χ1) is 10.1. The van der Waals surface area contributed by atoms with Gasteiger partial charge in [-0.25, -0.2) is 9.37 Å². The number of nitrogens with one attached hydrogen (secondary N) is 1. The molecule has 0 spiro atoms. The van der Waals surface area contributed by atoms with Crippen LogP contribution >= 0.6 is 11.6 Å². The van der Waals surface area contributed by atoms with E-state index < -0.39 is 0 Å². The van der Waals surface area contributed by atoms with Gasteiger partial charge in [0.1, 0.15) is 11.7 Å². The van der Waals surface area contributed by atoms with Crippen LogP contribution in [0.25, 0.3) is 12.2 Å². The molecule has 1 heterocycles. The highest BCUT2D eigenvalue weighted by atomic mass is 35.5. The van der Waals surface area contributed by atoms with E-state index in [1.54, 1.807) is 12.2 Å². The minimum atomic E-state index is -0.225. The van der Waals surface area contributed by atoms with Crippen LogP contribution in [0.1, 0.15) is 12.2 Å². The Morgan fingerprint density at radius 3 is 3.00 bits per heavy atom. The summed E-state index contributed by atoms with van der Waals surface area (Å²) < 4.78 is 13.2. The molecule has 2 aliphatic rings. The van der Waals surface area contributed by atoms with Gasteiger partial charge in [-0.3, -0.25) is 0 Å². The van der Waals surface area contributed by atoms with Crippen molar-refractivity contribution in [1.82, 2.24) is 9.97 Å². The number of hydrogen-bond donors (Lipinski definition) is 1. The summed E-state index contributed by atoms with van der Waals surface area (Å²) in [5.74, 6) is 6.66. The number of H-pyrrole nitrogens is 1. The van der Waals surface area contributed by atoms with Gasteiger partial charge in [0.15, 0.2) is 0 Å². The average molecular weight is 301 g/mol. The highest BCUT2D eigenvalue weighted by Gasteiger charge is 2.08. The minimum absolute atomic E-state index is 0.0804. The first-order valence-corrected chi connectivity index (χ1v) is 7.16. The molecule has 1 aromatic rings. The Labute approximate surface area is 127 Å². The fourth-order valence-electron chi connectivity index (χ4n) is 2.37. The van der Waals surface area contributed by atoms with Crippen molar-refractivity contribution in [2.45, 2.75) is 13.3 Å². The third-order valence-corrected chi connectivity index (χ3v) is 3.54. The van der Waals surface area contributed by atoms with Crippen LogP contribution in [0.5, 0.6) is 0 Å². The minimum Gasteiger partial charge on any atom is -0.342 e. The number of imidazole rings is 1. The van der Waals surface area contributed by atoms with Crippen LogP contribution in [-0.2, 0) is 0 Å². The zero-order valence-electron chi connectivity index (χ0n) is 11.5. The predicted molar refractivity (Wildman–Crippen MR) is 83.1 cm³/mol. The smallest absolute Gasteiger partial charge is 0.120 e. The summed E-state index contributed by atoms with van der Waals surface area (Å²) in [6, 6.07) is 0. The third kappa shape index (κ3) is 3.34. The molecule has 1 aromatic heterocycles. The molecule has 4 heteroatoms. The lowest BCUT2D eigenvalue weighted by Gasteiger charge is -2.06. The Balaban J connectivity index is 1.92. The van der Waals surface area contributed by atoms with E-state index in [1.165, 1.54) is 6.08 Å². The SMILES string of the molecule is Cc1nc2c([nH]1)=CC(Cl)=CC(C#CC1C=C(F)C=CC1)C=2. The van der Waals surface area contributed by atoms with Crippen molar-refractivity contribution >= 4 is 23.8 Å². The molecule has 0 saturated carbocycles. The highest BCUT2D eigenvalue weighted by Crippen LogP contribution is 2.17. The van der Waals surface area contributed by atoms with Crippen LogP contribution < -0.4 is 10.7 Å². The zero-order chi connectivity index (χ0) is 14.8. The van der Waals surface area contributed by atoms with Gasteiger partial charge in [0, 0.05) is 11.0 Å². The van der Waals surface area contributed by atoms with Crippen LogP contribution in [-0.4, -0.2) is 9.97 Å². The maximum absolute atomic E-state index is 13.2. The van der Waals surface area contributed by atoms with Gasteiger partial charge in [-0.1, -0.05) is 29.5 Å². The van der Waals surface area contributed by atoms with Gasteiger partial charge >= 0.3 is 0 Å². The first kappa shape index (κ1) is 13.9. The summed E-state index contributed by atoms with van der Waals surface area (Å²) in [4.78, 5) is 7.58. The van der Waals surface area contributed by atoms with Crippen molar-refractivity contribution in [3.05, 3.63) is 51.7 Å². The summed E-state index contributed by atoms with van der Waals surface area (Å²) in [5, 5.41) is 2.37. The summed E-state index contributed by atoms with van der Waals surface area (Å²) in [6.07, 6.45) is 11.2. The number of aromatic nitrogens is 2. The lowest BCUT2D eigenvalue weighted by molar-refractivity contribution is 0.637. The lowest BCUT2D eigenvalue weighted by Crippen LogP contribution is -2.24. The topological polar surface area (TPSA) is 28.7 Å². The summed E-state index contributed by atoms with van der Waals surface area (Å²) in [6.45, 7) is 1.90. The molecule has 21 heavy (non-hydrogen) atoms. The number of allylic oxidation sites excluding steroid dienone is 6. The Kier molecular flexibility index (Phi) is 3.81. The van der Waals surface area contributed by atoms with E-state index in [1.807, 2.05) is 25.2 Å². The van der Waals surface area contributed by atoms with Crippen molar-refractivity contribution in [1.29, 1.82) is 0 Å². The second-order valence-electron chi connectivity index (χ2n) is 5.09. The number of halogens is 2. The number of aryl methyl sites for hydroxylation is 1. The Morgan fingerprint density at radius 2 is 2.19 bits per heavy atom. The maximum atomic E-state index is 13.2. The normalized spacial score (nSPS) is 23.6. The molecule has 2 nitrogen and oxygen atoms in total. The summed E-state index contributed by atoms with van der Waals surface area (Å²) in [5.41, 5.74) is 0. The van der Waals surface area contributed by atoms with Gasteiger partial charge in [0.05, 0.1) is 16.6 Å². The first-order valence-electron chi connectivity index (χ1n) is 6.78. The average Bonchev–Trinajstić information content (AvgIpc) is 2.68. The molecule has 2 unspecified atom stereocenters. The largest absolute Gasteiger partial charge is 0.342 e. The highest BCUT2D eigenvalue weighted by molar-refractivity contribution is 6.34. The molecule has 0 bridgehead atoms. The number of hydrogen-bond acceptors (Lipinski definition) is 1. The van der Waals surface area contributed by atoms with Crippen molar-refractivity contribution in [2.75, 3.05) is 0 Å². The van der Waals surface area contributed by atoms with Crippen molar-refractivity contribution < 1.29 is 4.39 Å². The molecule has 0 radical (unpaired) electrons. The zero-order valence-corrected chi connectivity index (χ0v) is 12.3. The molecule has 0 saturated heterocycles. The molecule has 2 atom stereocenters. The van der Waals surface area contributed by atoms with E-state index in [4.69, 9.17) is 11.6 Å². The van der Waals surface area contributed by atoms with Crippen LogP contribution in [0.3, 0.4) is 0 Å². The van der Waals surface area contributed by atoms with E-state index >= 15 is 0 Å². The quantitative estimate of drug-likeness (QED) is 0.733. The van der Waals surface area contributed by atoms with Crippen LogP contribution in [0, 0.1) is 30.6 Å². The fourth-order valence-corrected chi connectivity index (χ4v) is 2.62. The number of fused-ring (bicyclic) bond motifs is 1. The Bertz CT molecular complexity index is 830. The predicted octanol–water partition coefficient (Wildman–Crippen LogP) is 2.46. The summed E-state index contributed by atoms with van der Waals surface area (Å²) >= 11 is 6.18. The monoisotopic (exact) mass is 300 g/mol. The van der Waals surface area contributed by atoms with Gasteiger partial charge < -0.3 is 4.98 Å². The van der Waals surface area contributed by atoms with E-state index in [9.17, 15) is 4.39 Å². The third-order valence-electron chi connectivity index (χ3n) is 3.30.